The van der Waals surface area contributed by atoms with Crippen LogP contribution in [0.15, 0.2) is 235 Å². The fourth-order valence-electron chi connectivity index (χ4n) is 10.4. The molecule has 67 heavy (non-hydrogen) atoms. The highest BCUT2D eigenvalue weighted by Gasteiger charge is 2.41. The van der Waals surface area contributed by atoms with E-state index in [9.17, 15) is 0 Å². The molecule has 2 aliphatic heterocycles. The van der Waals surface area contributed by atoms with Crippen molar-refractivity contribution in [2.75, 3.05) is 4.90 Å². The van der Waals surface area contributed by atoms with Crippen LogP contribution in [0.2, 0.25) is 0 Å². The Morgan fingerprint density at radius 1 is 0.299 bits per heavy atom. The SMILES string of the molecule is c1ccc(N(c2ccc(-c3ccc4oc5ccccc5c4c3)cc2)c2cc3c4c(c2)Oc2cc(-c5ccc6ccccc6c5)ccc2B4c2ccc(-c4ccc5ccccc5c4)cc2O3)cc1. The van der Waals surface area contributed by atoms with Gasteiger partial charge in [-0.2, -0.15) is 0 Å². The van der Waals surface area contributed by atoms with E-state index in [0.717, 1.165) is 112 Å². The average molecular weight is 856 g/mol. The Labute approximate surface area is 387 Å². The molecule has 0 bridgehead atoms. The smallest absolute Gasteiger partial charge is 0.260 e. The summed E-state index contributed by atoms with van der Waals surface area (Å²) in [6, 6.07) is 82.2. The third-order valence-electron chi connectivity index (χ3n) is 13.7. The van der Waals surface area contributed by atoms with E-state index >= 15 is 0 Å². The quantitative estimate of drug-likeness (QED) is 0.156. The molecule has 0 saturated heterocycles. The average Bonchev–Trinajstić information content (AvgIpc) is 3.76. The van der Waals surface area contributed by atoms with Crippen molar-refractivity contribution in [2.45, 2.75) is 0 Å². The number of furan rings is 1. The highest BCUT2D eigenvalue weighted by atomic mass is 16.5. The molecule has 312 valence electrons. The molecule has 3 heterocycles. The molecule has 2 aliphatic rings. The molecule has 0 amide bonds. The van der Waals surface area contributed by atoms with E-state index in [4.69, 9.17) is 13.9 Å². The Kier molecular flexibility index (Phi) is 8.34. The molecule has 0 aliphatic carbocycles. The lowest BCUT2D eigenvalue weighted by Gasteiger charge is -2.35. The van der Waals surface area contributed by atoms with Gasteiger partial charge in [-0.25, -0.2) is 0 Å². The van der Waals surface area contributed by atoms with Crippen LogP contribution in [0, 0.1) is 0 Å². The summed E-state index contributed by atoms with van der Waals surface area (Å²) in [5, 5.41) is 7.09. The zero-order chi connectivity index (χ0) is 44.0. The van der Waals surface area contributed by atoms with Crippen molar-refractivity contribution in [3.8, 4) is 56.4 Å². The number of anilines is 3. The minimum atomic E-state index is -0.1000. The van der Waals surface area contributed by atoms with Gasteiger partial charge >= 0.3 is 0 Å². The van der Waals surface area contributed by atoms with Crippen LogP contribution in [0.1, 0.15) is 0 Å². The first-order valence-corrected chi connectivity index (χ1v) is 22.8. The van der Waals surface area contributed by atoms with Gasteiger partial charge < -0.3 is 18.8 Å². The van der Waals surface area contributed by atoms with Gasteiger partial charge in [0.2, 0.25) is 0 Å². The molecular weight excluding hydrogens is 817 g/mol. The highest BCUT2D eigenvalue weighted by Crippen LogP contribution is 2.44. The van der Waals surface area contributed by atoms with Gasteiger partial charge in [0.25, 0.3) is 6.71 Å². The zero-order valence-electron chi connectivity index (χ0n) is 36.2. The van der Waals surface area contributed by atoms with Crippen molar-refractivity contribution in [3.05, 3.63) is 231 Å². The van der Waals surface area contributed by atoms with E-state index in [-0.39, 0.29) is 6.71 Å². The topological polar surface area (TPSA) is 34.8 Å². The lowest BCUT2D eigenvalue weighted by molar-refractivity contribution is 0.465. The third-order valence-corrected chi connectivity index (χ3v) is 13.7. The summed E-state index contributed by atoms with van der Waals surface area (Å²) >= 11 is 0. The van der Waals surface area contributed by atoms with Crippen LogP contribution in [-0.2, 0) is 0 Å². The predicted molar refractivity (Wildman–Crippen MR) is 277 cm³/mol. The fourth-order valence-corrected chi connectivity index (χ4v) is 10.4. The summed E-state index contributed by atoms with van der Waals surface area (Å²) in [5.41, 5.74) is 14.8. The maximum absolute atomic E-state index is 7.11. The Bertz CT molecular complexity index is 3800. The predicted octanol–water partition coefficient (Wildman–Crippen LogP) is 15.1. The summed E-state index contributed by atoms with van der Waals surface area (Å²) in [7, 11) is 0. The Balaban J connectivity index is 0.909. The number of benzene rings is 11. The van der Waals surface area contributed by atoms with Gasteiger partial charge in [-0.15, -0.1) is 0 Å². The monoisotopic (exact) mass is 855 g/mol. The lowest BCUT2D eigenvalue weighted by Crippen LogP contribution is -2.57. The van der Waals surface area contributed by atoms with Gasteiger partial charge in [0, 0.05) is 39.7 Å². The van der Waals surface area contributed by atoms with Crippen molar-refractivity contribution < 1.29 is 13.9 Å². The number of nitrogens with zero attached hydrogens (tertiary/aromatic N) is 1. The lowest BCUT2D eigenvalue weighted by atomic mass is 9.34. The second-order valence-electron chi connectivity index (χ2n) is 17.6. The van der Waals surface area contributed by atoms with E-state index in [1.807, 2.05) is 12.1 Å². The van der Waals surface area contributed by atoms with Crippen LogP contribution >= 0.6 is 0 Å². The zero-order valence-corrected chi connectivity index (χ0v) is 36.2. The van der Waals surface area contributed by atoms with Gasteiger partial charge in [0.05, 0.1) is 5.69 Å². The van der Waals surface area contributed by atoms with Gasteiger partial charge in [-0.1, -0.05) is 152 Å². The first-order chi connectivity index (χ1) is 33.1. The number of fused-ring (bicyclic) bond motifs is 9. The van der Waals surface area contributed by atoms with Crippen LogP contribution in [-0.4, -0.2) is 6.71 Å². The normalized spacial score (nSPS) is 12.4. The van der Waals surface area contributed by atoms with E-state index < -0.39 is 0 Å². The maximum atomic E-state index is 7.11. The first-order valence-electron chi connectivity index (χ1n) is 22.8. The number of hydrogen-bond donors (Lipinski definition) is 0. The summed E-state index contributed by atoms with van der Waals surface area (Å²) in [6.45, 7) is -0.1000. The van der Waals surface area contributed by atoms with E-state index in [1.165, 1.54) is 21.5 Å². The minimum absolute atomic E-state index is 0.1000. The van der Waals surface area contributed by atoms with Crippen molar-refractivity contribution >= 4 is 83.6 Å². The molecule has 0 saturated carbocycles. The Morgan fingerprint density at radius 3 is 1.42 bits per heavy atom. The largest absolute Gasteiger partial charge is 0.458 e. The summed E-state index contributed by atoms with van der Waals surface area (Å²) in [6.07, 6.45) is 0. The van der Waals surface area contributed by atoms with Crippen molar-refractivity contribution in [3.63, 3.8) is 0 Å². The van der Waals surface area contributed by atoms with Crippen LogP contribution < -0.4 is 30.8 Å². The molecule has 0 atom stereocenters. The molecular formula is C62H38BNO3. The molecule has 0 spiro atoms. The minimum Gasteiger partial charge on any atom is -0.458 e. The number of hydrogen-bond acceptors (Lipinski definition) is 4. The summed E-state index contributed by atoms with van der Waals surface area (Å²) in [4.78, 5) is 2.29. The van der Waals surface area contributed by atoms with Crippen LogP contribution in [0.4, 0.5) is 17.1 Å². The van der Waals surface area contributed by atoms with Gasteiger partial charge in [0.1, 0.15) is 34.2 Å². The number of para-hydroxylation sites is 2. The van der Waals surface area contributed by atoms with Crippen molar-refractivity contribution in [2.24, 2.45) is 0 Å². The molecule has 11 aromatic carbocycles. The molecule has 4 nitrogen and oxygen atoms in total. The summed E-state index contributed by atoms with van der Waals surface area (Å²) < 4.78 is 20.4. The van der Waals surface area contributed by atoms with Crippen molar-refractivity contribution in [1.82, 2.24) is 0 Å². The van der Waals surface area contributed by atoms with E-state index in [1.54, 1.807) is 0 Å². The molecule has 0 radical (unpaired) electrons. The summed E-state index contributed by atoms with van der Waals surface area (Å²) in [5.74, 6) is 3.25. The van der Waals surface area contributed by atoms with Gasteiger partial charge in [0.15, 0.2) is 0 Å². The van der Waals surface area contributed by atoms with Gasteiger partial charge in [-0.3, -0.25) is 0 Å². The molecule has 0 N–H and O–H groups in total. The van der Waals surface area contributed by atoms with Crippen LogP contribution in [0.3, 0.4) is 0 Å². The molecule has 5 heteroatoms. The molecule has 1 aromatic heterocycles. The van der Waals surface area contributed by atoms with Crippen LogP contribution in [0.5, 0.6) is 23.0 Å². The number of rotatable bonds is 6. The Morgan fingerprint density at radius 2 is 0.776 bits per heavy atom. The third kappa shape index (κ3) is 6.24. The number of ether oxygens (including phenoxy) is 2. The van der Waals surface area contributed by atoms with Gasteiger partial charge in [-0.05, 0) is 133 Å². The second-order valence-corrected chi connectivity index (χ2v) is 17.6. The van der Waals surface area contributed by atoms with Crippen molar-refractivity contribution in [1.29, 1.82) is 0 Å². The maximum Gasteiger partial charge on any atom is 0.260 e. The van der Waals surface area contributed by atoms with E-state index in [0.29, 0.717) is 0 Å². The molecule has 12 aromatic rings. The first kappa shape index (κ1) is 37.6. The molecule has 0 unspecified atom stereocenters. The van der Waals surface area contributed by atoms with Crippen LogP contribution in [0.25, 0.3) is 76.9 Å². The standard InChI is InChI=1S/C62H38BNO3/c1-2-14-49(15-3-1)64(50-27-22-41(23-28-50)46-26-31-57-53(34-46)52-16-8-9-17-56(52)65-57)51-37-60-62-61(38-51)67-59-36-48(45-21-19-40-11-5-7-13-43(40)33-45)25-30-55(59)63(62)54-29-24-47(35-58(54)66-60)44-20-18-39-10-4-6-12-42(39)32-44/h1-38H. The molecule has 14 rings (SSSR count). The second kappa shape index (κ2) is 14.9. The fraction of sp³-hybridized carbons (Fsp3) is 0. The Hall–Kier alpha value is -8.80. The van der Waals surface area contributed by atoms with E-state index in [2.05, 4.69) is 223 Å². The highest BCUT2D eigenvalue weighted by molar-refractivity contribution is 6.98. The molecule has 0 fully saturated rings.